The molecule has 0 aromatic carbocycles. The zero-order valence-electron chi connectivity index (χ0n) is 6.43. The first-order valence-electron chi connectivity index (χ1n) is 3.27. The second kappa shape index (κ2) is 3.75. The van der Waals surface area contributed by atoms with Crippen LogP contribution in [0.2, 0.25) is 0 Å². The Morgan fingerprint density at radius 3 is 2.33 bits per heavy atom. The summed E-state index contributed by atoms with van der Waals surface area (Å²) >= 11 is 0. The molecule has 0 aliphatic rings. The van der Waals surface area contributed by atoms with Crippen molar-refractivity contribution < 1.29 is 23.1 Å². The lowest BCUT2D eigenvalue weighted by Crippen LogP contribution is -2.49. The summed E-state index contributed by atoms with van der Waals surface area (Å²) < 4.78 is 36.1. The molecular formula is C6H10F3NO2. The number of carbonyl (C=O) groups is 1. The summed E-state index contributed by atoms with van der Waals surface area (Å²) in [6, 6.07) is 0. The molecule has 0 aliphatic heterocycles. The van der Waals surface area contributed by atoms with Crippen molar-refractivity contribution >= 4 is 5.97 Å². The molecule has 0 radical (unpaired) electrons. The van der Waals surface area contributed by atoms with Crippen molar-refractivity contribution in [3.63, 3.8) is 0 Å². The van der Waals surface area contributed by atoms with Crippen molar-refractivity contribution in [2.24, 2.45) is 11.7 Å². The van der Waals surface area contributed by atoms with Crippen LogP contribution in [0.4, 0.5) is 13.2 Å². The van der Waals surface area contributed by atoms with Gasteiger partial charge in [-0.2, -0.15) is 0 Å². The fourth-order valence-electron chi connectivity index (χ4n) is 0.650. The summed E-state index contributed by atoms with van der Waals surface area (Å²) in [5, 5.41) is 8.18. The number of hydrogen-bond donors (Lipinski definition) is 2. The standard InChI is InChI=1S/C6H10F3NO2/c1-3(2-4(7)8)6(9,10)5(11)12/h3-4H,2,10H2,1H3,(H,11,12)/t3?,6-/m0/s1. The predicted molar refractivity (Wildman–Crippen MR) is 35.4 cm³/mol. The van der Waals surface area contributed by atoms with Gasteiger partial charge in [-0.05, 0) is 0 Å². The van der Waals surface area contributed by atoms with E-state index in [9.17, 15) is 18.0 Å². The third-order valence-electron chi connectivity index (χ3n) is 1.58. The minimum Gasteiger partial charge on any atom is -0.478 e. The van der Waals surface area contributed by atoms with Crippen LogP contribution in [-0.4, -0.2) is 23.3 Å². The fraction of sp³-hybridized carbons (Fsp3) is 0.833. The van der Waals surface area contributed by atoms with Crippen LogP contribution in [0, 0.1) is 5.92 Å². The molecule has 0 fully saturated rings. The van der Waals surface area contributed by atoms with Crippen LogP contribution in [0.25, 0.3) is 0 Å². The van der Waals surface area contributed by atoms with Crippen molar-refractivity contribution in [1.82, 2.24) is 0 Å². The number of rotatable bonds is 4. The van der Waals surface area contributed by atoms with Gasteiger partial charge in [0.05, 0.1) is 0 Å². The van der Waals surface area contributed by atoms with Gasteiger partial charge in [-0.3, -0.25) is 5.73 Å². The molecule has 0 aromatic heterocycles. The van der Waals surface area contributed by atoms with E-state index in [0.29, 0.717) is 0 Å². The van der Waals surface area contributed by atoms with Gasteiger partial charge < -0.3 is 5.11 Å². The highest BCUT2D eigenvalue weighted by molar-refractivity contribution is 5.76. The van der Waals surface area contributed by atoms with E-state index in [-0.39, 0.29) is 0 Å². The van der Waals surface area contributed by atoms with E-state index < -0.39 is 30.5 Å². The number of halogens is 3. The van der Waals surface area contributed by atoms with E-state index in [1.807, 2.05) is 0 Å². The molecule has 0 aromatic rings. The first-order chi connectivity index (χ1) is 5.28. The monoisotopic (exact) mass is 185 g/mol. The minimum absolute atomic E-state index is 0.862. The fourth-order valence-corrected chi connectivity index (χ4v) is 0.650. The summed E-state index contributed by atoms with van der Waals surface area (Å²) in [6.07, 6.45) is -3.61. The molecule has 1 unspecified atom stereocenters. The number of carboxylic acids is 1. The number of carboxylic acid groups (broad SMARTS) is 1. The lowest BCUT2D eigenvalue weighted by molar-refractivity contribution is -0.155. The Balaban J connectivity index is 4.25. The zero-order chi connectivity index (χ0) is 9.94. The second-order valence-electron chi connectivity index (χ2n) is 2.60. The van der Waals surface area contributed by atoms with Crippen LogP contribution in [-0.2, 0) is 4.79 Å². The molecule has 0 heterocycles. The zero-order valence-corrected chi connectivity index (χ0v) is 6.43. The number of aliphatic carboxylic acids is 1. The Labute approximate surface area is 67.4 Å². The van der Waals surface area contributed by atoms with Crippen molar-refractivity contribution in [1.29, 1.82) is 0 Å². The van der Waals surface area contributed by atoms with Gasteiger partial charge >= 0.3 is 5.97 Å². The largest absolute Gasteiger partial charge is 0.478 e. The number of alkyl halides is 3. The molecule has 0 amide bonds. The molecule has 72 valence electrons. The van der Waals surface area contributed by atoms with Gasteiger partial charge in [-0.15, -0.1) is 0 Å². The molecule has 0 bridgehead atoms. The van der Waals surface area contributed by atoms with Crippen molar-refractivity contribution in [2.45, 2.75) is 25.6 Å². The van der Waals surface area contributed by atoms with Crippen LogP contribution < -0.4 is 5.73 Å². The highest BCUT2D eigenvalue weighted by atomic mass is 19.3. The SMILES string of the molecule is CC(CC(F)F)[C@@](N)(F)C(=O)O. The predicted octanol–water partition coefficient (Wildman–Crippen LogP) is 0.987. The Hall–Kier alpha value is -0.780. The lowest BCUT2D eigenvalue weighted by Gasteiger charge is -2.22. The average molecular weight is 185 g/mol. The van der Waals surface area contributed by atoms with Crippen LogP contribution in [0.15, 0.2) is 0 Å². The molecule has 6 heteroatoms. The number of hydrogen-bond acceptors (Lipinski definition) is 2. The van der Waals surface area contributed by atoms with E-state index in [2.05, 4.69) is 5.73 Å². The summed E-state index contributed by atoms with van der Waals surface area (Å²) in [6.45, 7) is 1.03. The summed E-state index contributed by atoms with van der Waals surface area (Å²) in [5.74, 6) is -6.40. The van der Waals surface area contributed by atoms with E-state index in [1.165, 1.54) is 0 Å². The highest BCUT2D eigenvalue weighted by Gasteiger charge is 2.41. The Kier molecular flexibility index (Phi) is 3.51. The van der Waals surface area contributed by atoms with E-state index in [4.69, 9.17) is 5.11 Å². The van der Waals surface area contributed by atoms with E-state index >= 15 is 0 Å². The maximum absolute atomic E-state index is 12.8. The van der Waals surface area contributed by atoms with Crippen LogP contribution in [0.5, 0.6) is 0 Å². The van der Waals surface area contributed by atoms with Gasteiger partial charge in [0, 0.05) is 12.3 Å². The van der Waals surface area contributed by atoms with E-state index in [1.54, 1.807) is 0 Å². The summed E-state index contributed by atoms with van der Waals surface area (Å²) in [7, 11) is 0. The van der Waals surface area contributed by atoms with Crippen LogP contribution in [0.3, 0.4) is 0 Å². The van der Waals surface area contributed by atoms with E-state index in [0.717, 1.165) is 6.92 Å². The minimum atomic E-state index is -3.07. The molecule has 2 atom stereocenters. The summed E-state index contributed by atoms with van der Waals surface area (Å²) in [5.41, 5.74) is 4.65. The number of nitrogens with two attached hydrogens (primary N) is 1. The first-order valence-corrected chi connectivity index (χ1v) is 3.27. The molecule has 3 nitrogen and oxygen atoms in total. The normalized spacial score (nSPS) is 18.8. The smallest absolute Gasteiger partial charge is 0.356 e. The quantitative estimate of drug-likeness (QED) is 0.642. The van der Waals surface area contributed by atoms with Gasteiger partial charge in [0.15, 0.2) is 0 Å². The maximum atomic E-state index is 12.8. The molecule has 3 N–H and O–H groups in total. The average Bonchev–Trinajstić information content (AvgIpc) is 1.85. The Morgan fingerprint density at radius 2 is 2.08 bits per heavy atom. The molecule has 0 aliphatic carbocycles. The van der Waals surface area contributed by atoms with Gasteiger partial charge in [-0.1, -0.05) is 6.92 Å². The third-order valence-corrected chi connectivity index (χ3v) is 1.58. The maximum Gasteiger partial charge on any atom is 0.356 e. The third kappa shape index (κ3) is 2.69. The molecule has 0 spiro atoms. The topological polar surface area (TPSA) is 63.3 Å². The van der Waals surface area contributed by atoms with Gasteiger partial charge in [0.25, 0.3) is 5.79 Å². The molecule has 0 rings (SSSR count). The molecule has 0 saturated heterocycles. The van der Waals surface area contributed by atoms with Gasteiger partial charge in [0.2, 0.25) is 6.43 Å². The van der Waals surface area contributed by atoms with Crippen LogP contribution >= 0.6 is 0 Å². The Morgan fingerprint density at radius 1 is 1.67 bits per heavy atom. The Bertz CT molecular complexity index is 172. The van der Waals surface area contributed by atoms with Crippen molar-refractivity contribution in [2.75, 3.05) is 0 Å². The van der Waals surface area contributed by atoms with Crippen molar-refractivity contribution in [3.8, 4) is 0 Å². The van der Waals surface area contributed by atoms with Crippen molar-refractivity contribution in [3.05, 3.63) is 0 Å². The van der Waals surface area contributed by atoms with Crippen LogP contribution in [0.1, 0.15) is 13.3 Å². The first kappa shape index (κ1) is 11.2. The molecule has 12 heavy (non-hydrogen) atoms. The highest BCUT2D eigenvalue weighted by Crippen LogP contribution is 2.22. The molecule has 0 saturated carbocycles. The lowest BCUT2D eigenvalue weighted by atomic mass is 9.97. The van der Waals surface area contributed by atoms with Gasteiger partial charge in [0.1, 0.15) is 0 Å². The summed E-state index contributed by atoms with van der Waals surface area (Å²) in [4.78, 5) is 10.1. The molecular weight excluding hydrogens is 175 g/mol. The second-order valence-corrected chi connectivity index (χ2v) is 2.60. The van der Waals surface area contributed by atoms with Gasteiger partial charge in [-0.25, -0.2) is 18.0 Å².